The van der Waals surface area contributed by atoms with Crippen molar-refractivity contribution in [3.05, 3.63) is 0 Å². The molecule has 3 N–H and O–H groups in total. The molecule has 0 aromatic rings. The number of piperazine rings is 1. The molecule has 1 heterocycles. The van der Waals surface area contributed by atoms with Crippen LogP contribution in [0.1, 0.15) is 20.8 Å². The second-order valence-corrected chi connectivity index (χ2v) is 4.99. The molecule has 0 aliphatic carbocycles. The predicted molar refractivity (Wildman–Crippen MR) is 71.6 cm³/mol. The first-order chi connectivity index (χ1) is 10.6. The van der Waals surface area contributed by atoms with Crippen LogP contribution in [0.3, 0.4) is 0 Å². The molecule has 0 spiro atoms. The molecule has 0 unspecified atom stereocenters. The van der Waals surface area contributed by atoms with E-state index in [4.69, 9.17) is 19.8 Å². The molecule has 0 bridgehead atoms. The van der Waals surface area contributed by atoms with E-state index in [-0.39, 0.29) is 0 Å². The fraction of sp³-hybridized carbons (Fsp3) is 0.833. The molecule has 1 aliphatic heterocycles. The van der Waals surface area contributed by atoms with Gasteiger partial charge in [-0.3, -0.25) is 4.90 Å². The van der Waals surface area contributed by atoms with Gasteiger partial charge >= 0.3 is 24.3 Å². The van der Waals surface area contributed by atoms with Crippen molar-refractivity contribution in [1.29, 1.82) is 0 Å². The summed E-state index contributed by atoms with van der Waals surface area (Å²) >= 11 is 0. The summed E-state index contributed by atoms with van der Waals surface area (Å²) in [5.41, 5.74) is 0. The third-order valence-corrected chi connectivity index (χ3v) is 2.70. The molecule has 0 aromatic carbocycles. The third kappa shape index (κ3) is 11.9. The Morgan fingerprint density at radius 1 is 1.04 bits per heavy atom. The van der Waals surface area contributed by atoms with Crippen molar-refractivity contribution in [2.24, 2.45) is 0 Å². The van der Waals surface area contributed by atoms with Gasteiger partial charge in [0.25, 0.3) is 0 Å². The van der Waals surface area contributed by atoms with E-state index in [0.29, 0.717) is 12.1 Å². The number of carboxylic acids is 2. The Hall–Kier alpha value is -1.56. The number of aliphatic carboxylic acids is 2. The number of hydrogen-bond acceptors (Lipinski definition) is 4. The predicted octanol–water partition coefficient (Wildman–Crippen LogP) is 1.96. The van der Waals surface area contributed by atoms with Crippen molar-refractivity contribution in [3.63, 3.8) is 0 Å². The Balaban J connectivity index is 0. The van der Waals surface area contributed by atoms with Gasteiger partial charge in [-0.05, 0) is 20.8 Å². The molecule has 1 aliphatic rings. The van der Waals surface area contributed by atoms with Crippen LogP contribution in [0.25, 0.3) is 0 Å². The van der Waals surface area contributed by atoms with E-state index in [1.807, 2.05) is 0 Å². The van der Waals surface area contributed by atoms with Gasteiger partial charge in [0, 0.05) is 31.7 Å². The summed E-state index contributed by atoms with van der Waals surface area (Å²) < 4.78 is 63.5. The van der Waals surface area contributed by atoms with Crippen LogP contribution in [-0.4, -0.2) is 71.1 Å². The van der Waals surface area contributed by atoms with Crippen LogP contribution in [0, 0.1) is 0 Å². The first kappa shape index (κ1) is 24.7. The third-order valence-electron chi connectivity index (χ3n) is 2.70. The second-order valence-electron chi connectivity index (χ2n) is 4.99. The van der Waals surface area contributed by atoms with Gasteiger partial charge in [-0.15, -0.1) is 0 Å². The largest absolute Gasteiger partial charge is 0.490 e. The van der Waals surface area contributed by atoms with Crippen molar-refractivity contribution in [2.45, 2.75) is 45.2 Å². The van der Waals surface area contributed by atoms with Crippen LogP contribution in [0.2, 0.25) is 0 Å². The number of carboxylic acid groups (broad SMARTS) is 2. The van der Waals surface area contributed by atoms with Crippen LogP contribution in [0.4, 0.5) is 26.3 Å². The fourth-order valence-electron chi connectivity index (χ4n) is 1.62. The number of nitrogens with zero attached hydrogens (tertiary/aromatic N) is 1. The average Bonchev–Trinajstić information content (AvgIpc) is 2.38. The summed E-state index contributed by atoms with van der Waals surface area (Å²) in [7, 11) is 0. The van der Waals surface area contributed by atoms with Crippen molar-refractivity contribution < 1.29 is 46.1 Å². The van der Waals surface area contributed by atoms with Gasteiger partial charge in [0.15, 0.2) is 0 Å². The van der Waals surface area contributed by atoms with Gasteiger partial charge in [-0.2, -0.15) is 26.3 Å². The number of halogens is 6. The Labute approximate surface area is 134 Å². The molecule has 0 saturated carbocycles. The Kier molecular flexibility index (Phi) is 10.6. The SMILES string of the molecule is CC(C)N1CCNC[C@H]1C.O=C(O)C(F)(F)F.O=C(O)C(F)(F)F. The second kappa shape index (κ2) is 10.3. The summed E-state index contributed by atoms with van der Waals surface area (Å²) in [5.74, 6) is -5.51. The number of nitrogens with one attached hydrogen (secondary N) is 1. The number of alkyl halides is 6. The molecule has 1 saturated heterocycles. The number of carbonyl (C=O) groups is 2. The summed E-state index contributed by atoms with van der Waals surface area (Å²) in [6, 6.07) is 1.42. The van der Waals surface area contributed by atoms with Gasteiger partial charge in [0.05, 0.1) is 0 Å². The topological polar surface area (TPSA) is 89.9 Å². The minimum Gasteiger partial charge on any atom is -0.475 e. The quantitative estimate of drug-likeness (QED) is 0.612. The Morgan fingerprint density at radius 3 is 1.54 bits per heavy atom. The molecule has 6 nitrogen and oxygen atoms in total. The van der Waals surface area contributed by atoms with Gasteiger partial charge in [0.1, 0.15) is 0 Å². The molecular formula is C12H20F6N2O4. The maximum atomic E-state index is 10.6. The molecule has 12 heteroatoms. The van der Waals surface area contributed by atoms with Crippen molar-refractivity contribution >= 4 is 11.9 Å². The first-order valence-corrected chi connectivity index (χ1v) is 6.67. The lowest BCUT2D eigenvalue weighted by Crippen LogP contribution is -2.52. The van der Waals surface area contributed by atoms with E-state index in [1.54, 1.807) is 0 Å². The monoisotopic (exact) mass is 370 g/mol. The lowest BCUT2D eigenvalue weighted by Gasteiger charge is -2.36. The highest BCUT2D eigenvalue weighted by molar-refractivity contribution is 5.73. The minimum atomic E-state index is -5.08. The normalized spacial score (nSPS) is 18.8. The summed E-state index contributed by atoms with van der Waals surface area (Å²) in [4.78, 5) is 20.3. The summed E-state index contributed by atoms with van der Waals surface area (Å²) in [6.07, 6.45) is -10.2. The molecular weight excluding hydrogens is 350 g/mol. The molecule has 24 heavy (non-hydrogen) atoms. The standard InChI is InChI=1S/C8H18N2.2C2HF3O2/c1-7(2)10-5-4-9-6-8(10)3;2*3-2(4,5)1(6)7/h7-9H,4-6H2,1-3H3;2*(H,6,7)/t8-;;/m1../s1. The summed E-state index contributed by atoms with van der Waals surface area (Å²) in [6.45, 7) is 10.3. The minimum absolute atomic E-state index is 0.706. The van der Waals surface area contributed by atoms with E-state index in [0.717, 1.165) is 13.1 Å². The highest BCUT2D eigenvalue weighted by Gasteiger charge is 2.38. The molecule has 0 aromatic heterocycles. The fourth-order valence-corrected chi connectivity index (χ4v) is 1.62. The van der Waals surface area contributed by atoms with Gasteiger partial charge in [-0.1, -0.05) is 0 Å². The van der Waals surface area contributed by atoms with Crippen molar-refractivity contribution in [3.8, 4) is 0 Å². The number of rotatable bonds is 1. The van der Waals surface area contributed by atoms with E-state index >= 15 is 0 Å². The molecule has 0 amide bonds. The van der Waals surface area contributed by atoms with Crippen LogP contribution >= 0.6 is 0 Å². The van der Waals surface area contributed by atoms with Crippen LogP contribution in [-0.2, 0) is 9.59 Å². The van der Waals surface area contributed by atoms with Crippen LogP contribution in [0.15, 0.2) is 0 Å². The van der Waals surface area contributed by atoms with E-state index in [2.05, 4.69) is 31.0 Å². The Morgan fingerprint density at radius 2 is 1.38 bits per heavy atom. The number of hydrogen-bond donors (Lipinski definition) is 3. The van der Waals surface area contributed by atoms with E-state index in [1.165, 1.54) is 6.54 Å². The van der Waals surface area contributed by atoms with Crippen molar-refractivity contribution in [2.75, 3.05) is 19.6 Å². The highest BCUT2D eigenvalue weighted by atomic mass is 19.4. The van der Waals surface area contributed by atoms with Gasteiger partial charge in [-0.25, -0.2) is 9.59 Å². The van der Waals surface area contributed by atoms with Crippen LogP contribution < -0.4 is 5.32 Å². The van der Waals surface area contributed by atoms with E-state index < -0.39 is 24.3 Å². The zero-order chi connectivity index (χ0) is 19.7. The first-order valence-electron chi connectivity index (χ1n) is 6.67. The smallest absolute Gasteiger partial charge is 0.475 e. The van der Waals surface area contributed by atoms with Crippen LogP contribution in [0.5, 0.6) is 0 Å². The molecule has 0 radical (unpaired) electrons. The van der Waals surface area contributed by atoms with E-state index in [9.17, 15) is 26.3 Å². The lowest BCUT2D eigenvalue weighted by atomic mass is 10.2. The zero-order valence-electron chi connectivity index (χ0n) is 13.2. The highest BCUT2D eigenvalue weighted by Crippen LogP contribution is 2.13. The zero-order valence-corrected chi connectivity index (χ0v) is 13.2. The lowest BCUT2D eigenvalue weighted by molar-refractivity contribution is -0.193. The van der Waals surface area contributed by atoms with Gasteiger partial charge in [0.2, 0.25) is 0 Å². The molecule has 1 fully saturated rings. The Bertz CT molecular complexity index is 374. The molecule has 1 atom stereocenters. The molecule has 144 valence electrons. The maximum Gasteiger partial charge on any atom is 0.490 e. The maximum absolute atomic E-state index is 10.6. The summed E-state index contributed by atoms with van der Waals surface area (Å²) in [5, 5.41) is 17.6. The van der Waals surface area contributed by atoms with Gasteiger partial charge < -0.3 is 15.5 Å². The van der Waals surface area contributed by atoms with Crippen molar-refractivity contribution in [1.82, 2.24) is 10.2 Å². The molecule has 1 rings (SSSR count). The average molecular weight is 370 g/mol.